The molecule has 4 aromatic rings. The highest BCUT2D eigenvalue weighted by Crippen LogP contribution is 2.33. The predicted molar refractivity (Wildman–Crippen MR) is 117 cm³/mol. The number of nitrogens with one attached hydrogen (secondary N) is 1. The summed E-state index contributed by atoms with van der Waals surface area (Å²) in [6.07, 6.45) is 1.40. The van der Waals surface area contributed by atoms with Crippen LogP contribution in [0.4, 0.5) is 23.3 Å². The highest BCUT2D eigenvalue weighted by molar-refractivity contribution is 6.30. The van der Waals surface area contributed by atoms with Gasteiger partial charge in [0.1, 0.15) is 6.33 Å². The van der Waals surface area contributed by atoms with Gasteiger partial charge < -0.3 is 10.2 Å². The number of para-hydroxylation sites is 1. The maximum atomic E-state index is 13.2. The van der Waals surface area contributed by atoms with Gasteiger partial charge in [0.2, 0.25) is 11.9 Å². The van der Waals surface area contributed by atoms with Gasteiger partial charge in [-0.25, -0.2) is 9.97 Å². The zero-order valence-electron chi connectivity index (χ0n) is 16.6. The van der Waals surface area contributed by atoms with Crippen LogP contribution in [0, 0.1) is 0 Å². The Morgan fingerprint density at radius 2 is 1.42 bits per heavy atom. The number of carbonyl (C=O) groups is 2. The zero-order chi connectivity index (χ0) is 21.4. The lowest BCUT2D eigenvalue weighted by atomic mass is 9.83. The molecule has 0 saturated carbocycles. The molecule has 0 amide bonds. The van der Waals surface area contributed by atoms with Crippen molar-refractivity contribution in [3.05, 3.63) is 101 Å². The molecule has 5 rings (SSSR count). The molecule has 0 saturated heterocycles. The van der Waals surface area contributed by atoms with Crippen molar-refractivity contribution in [2.45, 2.75) is 0 Å². The lowest BCUT2D eigenvalue weighted by Crippen LogP contribution is -2.22. The zero-order valence-corrected chi connectivity index (χ0v) is 16.6. The van der Waals surface area contributed by atoms with Gasteiger partial charge in [0.05, 0.1) is 11.3 Å². The van der Waals surface area contributed by atoms with Crippen molar-refractivity contribution in [2.75, 3.05) is 17.3 Å². The van der Waals surface area contributed by atoms with E-state index in [1.54, 1.807) is 42.5 Å². The molecule has 7 heteroatoms. The summed E-state index contributed by atoms with van der Waals surface area (Å²) in [4.78, 5) is 40.8. The number of ketones is 2. The van der Waals surface area contributed by atoms with Crippen molar-refractivity contribution >= 4 is 34.8 Å². The largest absolute Gasteiger partial charge is 0.323 e. The summed E-state index contributed by atoms with van der Waals surface area (Å²) in [5.74, 6) is 0.347. The Labute approximate surface area is 178 Å². The van der Waals surface area contributed by atoms with Crippen molar-refractivity contribution < 1.29 is 9.59 Å². The third-order valence-corrected chi connectivity index (χ3v) is 5.20. The van der Waals surface area contributed by atoms with Gasteiger partial charge in [0.15, 0.2) is 11.6 Å². The SMILES string of the molecule is CN(c1ccccc1)c1ncnc(Nc2cccc3c2C(=O)c2ccccc2C3=O)n1. The maximum Gasteiger partial charge on any atom is 0.234 e. The number of anilines is 4. The van der Waals surface area contributed by atoms with E-state index in [-0.39, 0.29) is 17.5 Å². The fourth-order valence-corrected chi connectivity index (χ4v) is 3.65. The van der Waals surface area contributed by atoms with Crippen LogP contribution in [0.2, 0.25) is 0 Å². The second-order valence-corrected chi connectivity index (χ2v) is 7.06. The third kappa shape index (κ3) is 3.22. The van der Waals surface area contributed by atoms with Crippen LogP contribution < -0.4 is 10.2 Å². The molecular formula is C24H17N5O2. The molecule has 0 fully saturated rings. The number of fused-ring (bicyclic) bond motifs is 2. The van der Waals surface area contributed by atoms with Crippen molar-refractivity contribution in [1.82, 2.24) is 15.0 Å². The minimum Gasteiger partial charge on any atom is -0.323 e. The van der Waals surface area contributed by atoms with E-state index in [0.717, 1.165) is 5.69 Å². The molecule has 0 aliphatic heterocycles. The molecule has 0 unspecified atom stereocenters. The fourth-order valence-electron chi connectivity index (χ4n) is 3.65. The molecule has 3 aromatic carbocycles. The smallest absolute Gasteiger partial charge is 0.234 e. The lowest BCUT2D eigenvalue weighted by molar-refractivity contribution is 0.0979. The summed E-state index contributed by atoms with van der Waals surface area (Å²) in [6, 6.07) is 21.7. The molecular weight excluding hydrogens is 390 g/mol. The Bertz CT molecular complexity index is 1320. The Morgan fingerprint density at radius 1 is 0.742 bits per heavy atom. The number of aromatic nitrogens is 3. The van der Waals surface area contributed by atoms with Gasteiger partial charge in [-0.05, 0) is 18.2 Å². The topological polar surface area (TPSA) is 88.1 Å². The minimum atomic E-state index is -0.205. The molecule has 0 atom stereocenters. The van der Waals surface area contributed by atoms with Crippen LogP contribution in [0.1, 0.15) is 31.8 Å². The van der Waals surface area contributed by atoms with Crippen LogP contribution in [-0.4, -0.2) is 33.6 Å². The van der Waals surface area contributed by atoms with Crippen LogP contribution in [0.15, 0.2) is 79.1 Å². The Hall–Kier alpha value is -4.39. The number of carbonyl (C=O) groups excluding carboxylic acids is 2. The standard InChI is InChI=1S/C24H17N5O2/c1-29(15-8-3-2-4-9-15)24-26-14-25-23(28-24)27-19-13-7-12-18-20(19)22(31)17-11-6-5-10-16(17)21(18)30/h2-14H,1H3,(H,25,26,27,28). The van der Waals surface area contributed by atoms with E-state index in [0.29, 0.717) is 33.9 Å². The second kappa shape index (κ2) is 7.46. The molecule has 1 N–H and O–H groups in total. The molecule has 0 radical (unpaired) electrons. The summed E-state index contributed by atoms with van der Waals surface area (Å²) >= 11 is 0. The predicted octanol–water partition coefficient (Wildman–Crippen LogP) is 4.16. The average molecular weight is 407 g/mol. The van der Waals surface area contributed by atoms with Crippen LogP contribution in [0.5, 0.6) is 0 Å². The first kappa shape index (κ1) is 18.6. The average Bonchev–Trinajstić information content (AvgIpc) is 2.83. The van der Waals surface area contributed by atoms with E-state index in [1.165, 1.54) is 6.33 Å². The fraction of sp³-hybridized carbons (Fsp3) is 0.0417. The van der Waals surface area contributed by atoms with Gasteiger partial charge >= 0.3 is 0 Å². The first-order valence-corrected chi connectivity index (χ1v) is 9.70. The molecule has 1 aliphatic carbocycles. The summed E-state index contributed by atoms with van der Waals surface area (Å²) in [5.41, 5.74) is 2.91. The monoisotopic (exact) mass is 407 g/mol. The van der Waals surface area contributed by atoms with E-state index >= 15 is 0 Å². The molecule has 1 heterocycles. The summed E-state index contributed by atoms with van der Waals surface area (Å²) < 4.78 is 0. The number of benzene rings is 3. The molecule has 150 valence electrons. The molecule has 7 nitrogen and oxygen atoms in total. The molecule has 0 spiro atoms. The Morgan fingerprint density at radius 3 is 2.19 bits per heavy atom. The van der Waals surface area contributed by atoms with Crippen LogP contribution in [-0.2, 0) is 0 Å². The summed E-state index contributed by atoms with van der Waals surface area (Å²) in [5, 5.41) is 3.10. The van der Waals surface area contributed by atoms with Crippen LogP contribution >= 0.6 is 0 Å². The van der Waals surface area contributed by atoms with Gasteiger partial charge in [0.25, 0.3) is 0 Å². The molecule has 31 heavy (non-hydrogen) atoms. The Balaban J connectivity index is 1.51. The van der Waals surface area contributed by atoms with Gasteiger partial charge in [-0.3, -0.25) is 9.59 Å². The highest BCUT2D eigenvalue weighted by atomic mass is 16.1. The van der Waals surface area contributed by atoms with Crippen LogP contribution in [0.3, 0.4) is 0 Å². The summed E-state index contributed by atoms with van der Waals surface area (Å²) in [6.45, 7) is 0. The van der Waals surface area contributed by atoms with Gasteiger partial charge in [0, 0.05) is 29.4 Å². The highest BCUT2D eigenvalue weighted by Gasteiger charge is 2.31. The first-order valence-electron chi connectivity index (χ1n) is 9.70. The number of nitrogens with zero attached hydrogens (tertiary/aromatic N) is 4. The quantitative estimate of drug-likeness (QED) is 0.479. The number of hydrogen-bond acceptors (Lipinski definition) is 7. The van der Waals surface area contributed by atoms with Gasteiger partial charge in [-0.1, -0.05) is 54.6 Å². The molecule has 1 aliphatic rings. The van der Waals surface area contributed by atoms with Crippen molar-refractivity contribution in [3.8, 4) is 0 Å². The Kier molecular flexibility index (Phi) is 4.48. The van der Waals surface area contributed by atoms with Gasteiger partial charge in [-0.15, -0.1) is 0 Å². The summed E-state index contributed by atoms with van der Waals surface area (Å²) in [7, 11) is 1.86. The van der Waals surface area contributed by atoms with E-state index in [9.17, 15) is 9.59 Å². The number of hydrogen-bond donors (Lipinski definition) is 1. The number of rotatable bonds is 4. The lowest BCUT2D eigenvalue weighted by Gasteiger charge is -2.21. The van der Waals surface area contributed by atoms with E-state index in [4.69, 9.17) is 0 Å². The van der Waals surface area contributed by atoms with Crippen molar-refractivity contribution in [1.29, 1.82) is 0 Å². The maximum absolute atomic E-state index is 13.2. The van der Waals surface area contributed by atoms with E-state index in [1.807, 2.05) is 42.3 Å². The van der Waals surface area contributed by atoms with Crippen LogP contribution in [0.25, 0.3) is 0 Å². The molecule has 1 aromatic heterocycles. The minimum absolute atomic E-state index is 0.172. The van der Waals surface area contributed by atoms with E-state index < -0.39 is 0 Å². The second-order valence-electron chi connectivity index (χ2n) is 7.06. The van der Waals surface area contributed by atoms with Crippen molar-refractivity contribution in [2.24, 2.45) is 0 Å². The molecule has 0 bridgehead atoms. The first-order chi connectivity index (χ1) is 15.1. The van der Waals surface area contributed by atoms with E-state index in [2.05, 4.69) is 20.3 Å². The third-order valence-electron chi connectivity index (χ3n) is 5.20. The van der Waals surface area contributed by atoms with Crippen molar-refractivity contribution in [3.63, 3.8) is 0 Å². The normalized spacial score (nSPS) is 12.2. The van der Waals surface area contributed by atoms with Gasteiger partial charge in [-0.2, -0.15) is 4.98 Å².